The Balaban J connectivity index is 1.62. The number of hydrogen-bond acceptors (Lipinski definition) is 5. The molecule has 1 aromatic carbocycles. The SMILES string of the molecule is C=CCNC(=O)C(=O)NCCCN1CCN(c2ccc(OC)cc2)CC1. The standard InChI is InChI=1S/C19H28N4O3/c1-3-9-20-18(24)19(25)21-10-4-11-22-12-14-23(15-13-22)16-5-7-17(26-2)8-6-16/h3,5-8H,1,4,9-15H2,2H3,(H,20,24)(H,21,25). The molecule has 0 aliphatic carbocycles. The fourth-order valence-electron chi connectivity index (χ4n) is 2.85. The zero-order valence-corrected chi connectivity index (χ0v) is 15.4. The number of anilines is 1. The summed E-state index contributed by atoms with van der Waals surface area (Å²) in [6.07, 6.45) is 2.36. The van der Waals surface area contributed by atoms with Crippen LogP contribution in [0.2, 0.25) is 0 Å². The van der Waals surface area contributed by atoms with Gasteiger partial charge in [0, 0.05) is 45.0 Å². The van der Waals surface area contributed by atoms with Gasteiger partial charge in [0.1, 0.15) is 5.75 Å². The smallest absolute Gasteiger partial charge is 0.309 e. The number of carbonyl (C=O) groups is 2. The van der Waals surface area contributed by atoms with Gasteiger partial charge in [-0.3, -0.25) is 14.5 Å². The third-order valence-electron chi connectivity index (χ3n) is 4.36. The Morgan fingerprint density at radius 2 is 1.77 bits per heavy atom. The Labute approximate surface area is 155 Å². The minimum Gasteiger partial charge on any atom is -0.497 e. The van der Waals surface area contributed by atoms with E-state index in [0.29, 0.717) is 13.1 Å². The quantitative estimate of drug-likeness (QED) is 0.404. The maximum atomic E-state index is 11.6. The number of hydrogen-bond donors (Lipinski definition) is 2. The molecule has 1 fully saturated rings. The molecule has 0 aromatic heterocycles. The molecule has 1 aliphatic heterocycles. The molecule has 1 aromatic rings. The van der Waals surface area contributed by atoms with Crippen LogP contribution in [-0.4, -0.2) is 69.6 Å². The zero-order valence-electron chi connectivity index (χ0n) is 15.4. The van der Waals surface area contributed by atoms with Gasteiger partial charge in [-0.05, 0) is 37.2 Å². The Hall–Kier alpha value is -2.54. The van der Waals surface area contributed by atoms with Gasteiger partial charge in [-0.15, -0.1) is 6.58 Å². The van der Waals surface area contributed by atoms with Crippen LogP contribution < -0.4 is 20.3 Å². The number of carbonyl (C=O) groups excluding carboxylic acids is 2. The second-order valence-electron chi connectivity index (χ2n) is 6.13. The molecule has 26 heavy (non-hydrogen) atoms. The average Bonchev–Trinajstić information content (AvgIpc) is 2.69. The molecule has 7 nitrogen and oxygen atoms in total. The highest BCUT2D eigenvalue weighted by atomic mass is 16.5. The fourth-order valence-corrected chi connectivity index (χ4v) is 2.85. The second kappa shape index (κ2) is 10.5. The van der Waals surface area contributed by atoms with E-state index in [1.54, 1.807) is 7.11 Å². The predicted molar refractivity (Wildman–Crippen MR) is 102 cm³/mol. The number of nitrogens with one attached hydrogen (secondary N) is 2. The predicted octanol–water partition coefficient (Wildman–Crippen LogP) is 0.626. The lowest BCUT2D eigenvalue weighted by Gasteiger charge is -2.36. The molecule has 2 N–H and O–H groups in total. The highest BCUT2D eigenvalue weighted by molar-refractivity contribution is 6.35. The normalized spacial score (nSPS) is 14.6. The van der Waals surface area contributed by atoms with E-state index in [2.05, 4.69) is 39.1 Å². The average molecular weight is 360 g/mol. The van der Waals surface area contributed by atoms with Crippen molar-refractivity contribution in [2.75, 3.05) is 57.8 Å². The van der Waals surface area contributed by atoms with Gasteiger partial charge in [0.05, 0.1) is 7.11 Å². The summed E-state index contributed by atoms with van der Waals surface area (Å²) in [7, 11) is 1.67. The maximum absolute atomic E-state index is 11.6. The number of methoxy groups -OCH3 is 1. The topological polar surface area (TPSA) is 73.9 Å². The van der Waals surface area contributed by atoms with E-state index >= 15 is 0 Å². The number of rotatable bonds is 8. The van der Waals surface area contributed by atoms with Gasteiger partial charge in [0.2, 0.25) is 0 Å². The first kappa shape index (κ1) is 19.8. The second-order valence-corrected chi connectivity index (χ2v) is 6.13. The summed E-state index contributed by atoms with van der Waals surface area (Å²) in [5, 5.41) is 5.10. The van der Waals surface area contributed by atoms with Crippen LogP contribution in [0.4, 0.5) is 5.69 Å². The maximum Gasteiger partial charge on any atom is 0.309 e. The molecule has 2 amide bonds. The lowest BCUT2D eigenvalue weighted by Crippen LogP contribution is -2.47. The van der Waals surface area contributed by atoms with Crippen molar-refractivity contribution < 1.29 is 14.3 Å². The van der Waals surface area contributed by atoms with Crippen molar-refractivity contribution in [1.82, 2.24) is 15.5 Å². The minimum atomic E-state index is -0.613. The largest absolute Gasteiger partial charge is 0.497 e. The van der Waals surface area contributed by atoms with Crippen molar-refractivity contribution in [2.45, 2.75) is 6.42 Å². The number of nitrogens with zero attached hydrogens (tertiary/aromatic N) is 2. The van der Waals surface area contributed by atoms with Gasteiger partial charge in [-0.1, -0.05) is 6.08 Å². The van der Waals surface area contributed by atoms with Crippen LogP contribution in [-0.2, 0) is 9.59 Å². The highest BCUT2D eigenvalue weighted by Crippen LogP contribution is 2.20. The van der Waals surface area contributed by atoms with Crippen molar-refractivity contribution >= 4 is 17.5 Å². The Morgan fingerprint density at radius 1 is 1.12 bits per heavy atom. The Kier molecular flexibility index (Phi) is 7.95. The molecule has 2 rings (SSSR count). The van der Waals surface area contributed by atoms with E-state index in [0.717, 1.165) is 44.9 Å². The van der Waals surface area contributed by atoms with Crippen molar-refractivity contribution in [3.8, 4) is 5.75 Å². The lowest BCUT2D eigenvalue weighted by atomic mass is 10.2. The van der Waals surface area contributed by atoms with E-state index < -0.39 is 11.8 Å². The van der Waals surface area contributed by atoms with Crippen molar-refractivity contribution in [2.24, 2.45) is 0 Å². The van der Waals surface area contributed by atoms with E-state index in [-0.39, 0.29) is 0 Å². The monoisotopic (exact) mass is 360 g/mol. The van der Waals surface area contributed by atoms with E-state index in [1.807, 2.05) is 12.1 Å². The van der Waals surface area contributed by atoms with Gasteiger partial charge < -0.3 is 20.3 Å². The number of piperazine rings is 1. The summed E-state index contributed by atoms with van der Waals surface area (Å²) in [5.74, 6) is -0.332. The lowest BCUT2D eigenvalue weighted by molar-refractivity contribution is -0.139. The Morgan fingerprint density at radius 3 is 2.38 bits per heavy atom. The van der Waals surface area contributed by atoms with Crippen LogP contribution in [0.15, 0.2) is 36.9 Å². The first-order valence-electron chi connectivity index (χ1n) is 8.92. The van der Waals surface area contributed by atoms with Crippen molar-refractivity contribution in [3.63, 3.8) is 0 Å². The molecular formula is C19H28N4O3. The van der Waals surface area contributed by atoms with Gasteiger partial charge in [-0.25, -0.2) is 0 Å². The number of benzene rings is 1. The molecule has 7 heteroatoms. The summed E-state index contributed by atoms with van der Waals surface area (Å²) < 4.78 is 5.19. The van der Waals surface area contributed by atoms with E-state index in [1.165, 1.54) is 11.8 Å². The van der Waals surface area contributed by atoms with Crippen LogP contribution in [0.25, 0.3) is 0 Å². The summed E-state index contributed by atoms with van der Waals surface area (Å²) in [5.41, 5.74) is 1.21. The molecule has 0 bridgehead atoms. The van der Waals surface area contributed by atoms with Crippen LogP contribution in [0.3, 0.4) is 0 Å². The number of amides is 2. The zero-order chi connectivity index (χ0) is 18.8. The third-order valence-corrected chi connectivity index (χ3v) is 4.36. The molecule has 0 unspecified atom stereocenters. The molecular weight excluding hydrogens is 332 g/mol. The molecule has 0 spiro atoms. The molecule has 0 radical (unpaired) electrons. The van der Waals surface area contributed by atoms with Gasteiger partial charge in [0.15, 0.2) is 0 Å². The van der Waals surface area contributed by atoms with Gasteiger partial charge in [-0.2, -0.15) is 0 Å². The van der Waals surface area contributed by atoms with Gasteiger partial charge in [0.25, 0.3) is 0 Å². The summed E-state index contributed by atoms with van der Waals surface area (Å²) in [4.78, 5) is 27.7. The van der Waals surface area contributed by atoms with Crippen LogP contribution in [0.5, 0.6) is 5.75 Å². The van der Waals surface area contributed by atoms with Gasteiger partial charge >= 0.3 is 11.8 Å². The van der Waals surface area contributed by atoms with Crippen LogP contribution >= 0.6 is 0 Å². The molecule has 1 aliphatic rings. The van der Waals surface area contributed by atoms with Crippen molar-refractivity contribution in [3.05, 3.63) is 36.9 Å². The Bertz CT molecular complexity index is 595. The number of ether oxygens (including phenoxy) is 1. The van der Waals surface area contributed by atoms with E-state index in [4.69, 9.17) is 4.74 Å². The highest BCUT2D eigenvalue weighted by Gasteiger charge is 2.17. The first-order chi connectivity index (χ1) is 12.6. The molecule has 0 atom stereocenters. The molecule has 142 valence electrons. The summed E-state index contributed by atoms with van der Waals surface area (Å²) >= 11 is 0. The fraction of sp³-hybridized carbons (Fsp3) is 0.474. The van der Waals surface area contributed by atoms with Crippen LogP contribution in [0, 0.1) is 0 Å². The molecule has 1 saturated heterocycles. The van der Waals surface area contributed by atoms with Crippen LogP contribution in [0.1, 0.15) is 6.42 Å². The first-order valence-corrected chi connectivity index (χ1v) is 8.92. The third kappa shape index (κ3) is 6.07. The summed E-state index contributed by atoms with van der Waals surface area (Å²) in [6, 6.07) is 8.13. The van der Waals surface area contributed by atoms with E-state index in [9.17, 15) is 9.59 Å². The molecule has 0 saturated carbocycles. The minimum absolute atomic E-state index is 0.296. The molecule has 1 heterocycles. The van der Waals surface area contributed by atoms with Crippen molar-refractivity contribution in [1.29, 1.82) is 0 Å². The summed E-state index contributed by atoms with van der Waals surface area (Å²) in [6.45, 7) is 9.12.